The van der Waals surface area contributed by atoms with E-state index in [1.807, 2.05) is 11.8 Å². The number of hydrogen-bond acceptors (Lipinski definition) is 4. The highest BCUT2D eigenvalue weighted by Crippen LogP contribution is 2.16. The average molecular weight is 401 g/mol. The number of carbonyl (C=O) groups excluding carboxylic acids is 2. The van der Waals surface area contributed by atoms with Crippen molar-refractivity contribution in [1.29, 1.82) is 0 Å². The Morgan fingerprint density at radius 2 is 2.17 bits per heavy atom. The van der Waals surface area contributed by atoms with Crippen LogP contribution in [-0.4, -0.2) is 65.2 Å². The van der Waals surface area contributed by atoms with Crippen molar-refractivity contribution >= 4 is 29.1 Å². The smallest absolute Gasteiger partial charge is 0.246 e. The summed E-state index contributed by atoms with van der Waals surface area (Å²) in [6, 6.07) is 5.67. The molecule has 154 valence electrons. The average Bonchev–Trinajstić information content (AvgIpc) is 3.11. The number of anilines is 2. The maximum Gasteiger partial charge on any atom is 0.246 e. The normalized spacial score (nSPS) is 14.9. The van der Waals surface area contributed by atoms with E-state index in [1.165, 1.54) is 18.2 Å². The number of hydrogen-bond donors (Lipinski definition) is 2. The molecule has 29 heavy (non-hydrogen) atoms. The van der Waals surface area contributed by atoms with Crippen molar-refractivity contribution in [3.8, 4) is 0 Å². The van der Waals surface area contributed by atoms with Crippen LogP contribution in [0, 0.1) is 5.82 Å². The minimum absolute atomic E-state index is 0.0703. The molecule has 2 amide bonds. The standard InChI is InChI=1S/C19H24FN7O2/c1-3-21-19(22-11-17(28)24-15-6-4-5-14(20)9-15)26-7-8-27(18(29)13-26)16-10-23-25(2)12-16/h4-6,9-10,12H,3,7-8,11,13H2,1-2H3,(H,21,22)(H,24,28). The van der Waals surface area contributed by atoms with Crippen LogP contribution in [0.5, 0.6) is 0 Å². The van der Waals surface area contributed by atoms with E-state index >= 15 is 0 Å². The summed E-state index contributed by atoms with van der Waals surface area (Å²) in [6.07, 6.45) is 3.45. The van der Waals surface area contributed by atoms with E-state index in [4.69, 9.17) is 0 Å². The molecule has 0 spiro atoms. The second-order valence-electron chi connectivity index (χ2n) is 6.57. The minimum atomic E-state index is -0.426. The van der Waals surface area contributed by atoms with Gasteiger partial charge in [-0.05, 0) is 25.1 Å². The van der Waals surface area contributed by atoms with Crippen LogP contribution in [0.2, 0.25) is 0 Å². The molecule has 1 aliphatic rings. The molecule has 0 radical (unpaired) electrons. The number of nitrogens with zero attached hydrogens (tertiary/aromatic N) is 5. The molecule has 0 saturated carbocycles. The summed E-state index contributed by atoms with van der Waals surface area (Å²) in [7, 11) is 1.80. The molecule has 2 N–H and O–H groups in total. The number of rotatable bonds is 5. The van der Waals surface area contributed by atoms with Gasteiger partial charge in [-0.3, -0.25) is 14.3 Å². The first-order chi connectivity index (χ1) is 14.0. The number of guanidine groups is 1. The molecule has 0 unspecified atom stereocenters. The van der Waals surface area contributed by atoms with E-state index < -0.39 is 5.82 Å². The van der Waals surface area contributed by atoms with Crippen LogP contribution in [0.25, 0.3) is 0 Å². The monoisotopic (exact) mass is 401 g/mol. The second-order valence-corrected chi connectivity index (χ2v) is 6.57. The number of nitrogens with one attached hydrogen (secondary N) is 2. The minimum Gasteiger partial charge on any atom is -0.356 e. The Morgan fingerprint density at radius 3 is 2.83 bits per heavy atom. The summed E-state index contributed by atoms with van der Waals surface area (Å²) in [5.41, 5.74) is 1.13. The van der Waals surface area contributed by atoms with E-state index in [1.54, 1.807) is 35.1 Å². The number of aryl methyl sites for hydroxylation is 1. The van der Waals surface area contributed by atoms with Gasteiger partial charge in [-0.15, -0.1) is 0 Å². The Kier molecular flexibility index (Phi) is 6.43. The van der Waals surface area contributed by atoms with Crippen molar-refractivity contribution in [3.05, 3.63) is 42.5 Å². The molecule has 0 aliphatic carbocycles. The van der Waals surface area contributed by atoms with Gasteiger partial charge in [-0.25, -0.2) is 9.38 Å². The Labute approximate surface area is 168 Å². The van der Waals surface area contributed by atoms with E-state index in [0.717, 1.165) is 5.69 Å². The lowest BCUT2D eigenvalue weighted by atomic mass is 10.3. The predicted octanol–water partition coefficient (Wildman–Crippen LogP) is 0.812. The quantitative estimate of drug-likeness (QED) is 0.571. The zero-order valence-electron chi connectivity index (χ0n) is 16.4. The van der Waals surface area contributed by atoms with Gasteiger partial charge in [-0.2, -0.15) is 5.10 Å². The molecular weight excluding hydrogens is 377 g/mol. The lowest BCUT2D eigenvalue weighted by molar-refractivity contribution is -0.120. The SMILES string of the molecule is CCNC(=NCC(=O)Nc1cccc(F)c1)N1CCN(c2cnn(C)c2)C(=O)C1. The first-order valence-corrected chi connectivity index (χ1v) is 9.34. The van der Waals surface area contributed by atoms with Gasteiger partial charge >= 0.3 is 0 Å². The number of amides is 2. The Morgan fingerprint density at radius 1 is 1.34 bits per heavy atom. The molecule has 0 bridgehead atoms. The largest absolute Gasteiger partial charge is 0.356 e. The topological polar surface area (TPSA) is 94.9 Å². The van der Waals surface area contributed by atoms with Crippen LogP contribution in [0.1, 0.15) is 6.92 Å². The molecule has 9 nitrogen and oxygen atoms in total. The van der Waals surface area contributed by atoms with Crippen molar-refractivity contribution in [1.82, 2.24) is 20.0 Å². The van der Waals surface area contributed by atoms with Gasteiger partial charge in [0.2, 0.25) is 11.8 Å². The van der Waals surface area contributed by atoms with Gasteiger partial charge in [0.05, 0.1) is 11.9 Å². The molecule has 0 atom stereocenters. The van der Waals surface area contributed by atoms with Gasteiger partial charge in [0.15, 0.2) is 5.96 Å². The first kappa shape index (κ1) is 20.3. The van der Waals surface area contributed by atoms with Crippen LogP contribution in [-0.2, 0) is 16.6 Å². The predicted molar refractivity (Wildman–Crippen MR) is 108 cm³/mol. The van der Waals surface area contributed by atoms with Gasteiger partial charge in [0.25, 0.3) is 0 Å². The highest BCUT2D eigenvalue weighted by Gasteiger charge is 2.27. The lowest BCUT2D eigenvalue weighted by Gasteiger charge is -2.35. The van der Waals surface area contributed by atoms with Crippen LogP contribution in [0.4, 0.5) is 15.8 Å². The number of carbonyl (C=O) groups is 2. The highest BCUT2D eigenvalue weighted by atomic mass is 19.1. The van der Waals surface area contributed by atoms with Gasteiger partial charge in [0.1, 0.15) is 18.9 Å². The molecule has 2 aromatic rings. The Hall–Kier alpha value is -3.43. The summed E-state index contributed by atoms with van der Waals surface area (Å²) in [5, 5.41) is 9.82. The van der Waals surface area contributed by atoms with Gasteiger partial charge in [0, 0.05) is 38.6 Å². The first-order valence-electron chi connectivity index (χ1n) is 9.34. The molecule has 3 rings (SSSR count). The number of halogens is 1. The summed E-state index contributed by atoms with van der Waals surface area (Å²) >= 11 is 0. The van der Waals surface area contributed by atoms with E-state index in [0.29, 0.717) is 31.3 Å². The fourth-order valence-electron chi connectivity index (χ4n) is 3.01. The van der Waals surface area contributed by atoms with E-state index in [2.05, 4.69) is 20.7 Å². The summed E-state index contributed by atoms with van der Waals surface area (Å²) in [4.78, 5) is 32.6. The maximum atomic E-state index is 13.2. The third-order valence-electron chi connectivity index (χ3n) is 4.34. The van der Waals surface area contributed by atoms with Crippen molar-refractivity contribution in [2.24, 2.45) is 12.0 Å². The molecule has 1 aliphatic heterocycles. The Bertz CT molecular complexity index is 911. The molecule has 1 saturated heterocycles. The van der Waals surface area contributed by atoms with Crippen molar-refractivity contribution in [2.45, 2.75) is 6.92 Å². The van der Waals surface area contributed by atoms with Crippen LogP contribution in [0.3, 0.4) is 0 Å². The van der Waals surface area contributed by atoms with Gasteiger partial charge < -0.3 is 20.4 Å². The number of aliphatic imine (C=N–C) groups is 1. The summed E-state index contributed by atoms with van der Waals surface area (Å²) in [5.74, 6) is -0.379. The molecule has 1 aromatic heterocycles. The molecular formula is C19H24FN7O2. The number of benzene rings is 1. The summed E-state index contributed by atoms with van der Waals surface area (Å²) in [6.45, 7) is 3.57. The maximum absolute atomic E-state index is 13.2. The van der Waals surface area contributed by atoms with E-state index in [9.17, 15) is 14.0 Å². The van der Waals surface area contributed by atoms with E-state index in [-0.39, 0.29) is 24.9 Å². The molecule has 10 heteroatoms. The number of piperazine rings is 1. The second kappa shape index (κ2) is 9.18. The molecule has 2 heterocycles. The highest BCUT2D eigenvalue weighted by molar-refractivity contribution is 5.99. The fraction of sp³-hybridized carbons (Fsp3) is 0.368. The van der Waals surface area contributed by atoms with Crippen LogP contribution in [0.15, 0.2) is 41.7 Å². The molecule has 1 fully saturated rings. The third-order valence-corrected chi connectivity index (χ3v) is 4.34. The van der Waals surface area contributed by atoms with Crippen molar-refractivity contribution in [2.75, 3.05) is 42.9 Å². The Balaban J connectivity index is 1.61. The van der Waals surface area contributed by atoms with Gasteiger partial charge in [-0.1, -0.05) is 6.07 Å². The van der Waals surface area contributed by atoms with Crippen molar-refractivity contribution < 1.29 is 14.0 Å². The zero-order valence-corrected chi connectivity index (χ0v) is 16.4. The zero-order chi connectivity index (χ0) is 20.8. The van der Waals surface area contributed by atoms with Crippen molar-refractivity contribution in [3.63, 3.8) is 0 Å². The van der Waals surface area contributed by atoms with Crippen LogP contribution >= 0.6 is 0 Å². The molecule has 1 aromatic carbocycles. The van der Waals surface area contributed by atoms with Crippen LogP contribution < -0.4 is 15.5 Å². The lowest BCUT2D eigenvalue weighted by Crippen LogP contribution is -2.55. The third kappa shape index (κ3) is 5.31. The fourth-order valence-corrected chi connectivity index (χ4v) is 3.01. The summed E-state index contributed by atoms with van der Waals surface area (Å²) < 4.78 is 14.9. The number of aromatic nitrogens is 2.